The van der Waals surface area contributed by atoms with E-state index in [1.54, 1.807) is 17.6 Å². The van der Waals surface area contributed by atoms with Crippen LogP contribution in [0.4, 0.5) is 0 Å². The van der Waals surface area contributed by atoms with Gasteiger partial charge in [0.25, 0.3) is 0 Å². The number of carbonyl (C=O) groups is 1. The maximum absolute atomic E-state index is 11.8. The maximum Gasteiger partial charge on any atom is 0.220 e. The van der Waals surface area contributed by atoms with E-state index in [1.165, 1.54) is 0 Å². The van der Waals surface area contributed by atoms with Crippen LogP contribution in [0, 0.1) is 11.8 Å². The molecular formula is C15H16N2O2S. The van der Waals surface area contributed by atoms with Crippen LogP contribution >= 0.6 is 11.3 Å². The van der Waals surface area contributed by atoms with Crippen LogP contribution in [0.25, 0.3) is 0 Å². The first-order valence-electron chi connectivity index (χ1n) is 6.34. The van der Waals surface area contributed by atoms with E-state index in [4.69, 9.17) is 10.2 Å². The van der Waals surface area contributed by atoms with Gasteiger partial charge in [0.05, 0.1) is 19.4 Å². The zero-order valence-corrected chi connectivity index (χ0v) is 11.8. The van der Waals surface area contributed by atoms with Crippen molar-refractivity contribution < 1.29 is 9.21 Å². The molecule has 0 spiro atoms. The molecule has 0 aromatic carbocycles. The Labute approximate surface area is 122 Å². The molecule has 0 radical (unpaired) electrons. The van der Waals surface area contributed by atoms with Crippen LogP contribution in [0.15, 0.2) is 34.3 Å². The number of rotatable bonds is 5. The number of hydrogen-bond donors (Lipinski definition) is 2. The van der Waals surface area contributed by atoms with Crippen LogP contribution < -0.4 is 11.1 Å². The summed E-state index contributed by atoms with van der Waals surface area (Å²) >= 11 is 1.58. The number of carbonyl (C=O) groups excluding carboxylic acids is 1. The van der Waals surface area contributed by atoms with Crippen molar-refractivity contribution in [2.75, 3.05) is 6.54 Å². The van der Waals surface area contributed by atoms with E-state index >= 15 is 0 Å². The molecule has 0 atom stereocenters. The van der Waals surface area contributed by atoms with Gasteiger partial charge in [-0.25, -0.2) is 0 Å². The zero-order valence-electron chi connectivity index (χ0n) is 11.0. The average molecular weight is 288 g/mol. The second kappa shape index (κ2) is 7.53. The molecule has 104 valence electrons. The third-order valence-corrected chi connectivity index (χ3v) is 3.62. The van der Waals surface area contributed by atoms with Crippen molar-refractivity contribution in [3.8, 4) is 11.8 Å². The topological polar surface area (TPSA) is 68.3 Å². The van der Waals surface area contributed by atoms with Crippen LogP contribution in [-0.4, -0.2) is 12.5 Å². The molecule has 2 rings (SSSR count). The van der Waals surface area contributed by atoms with Gasteiger partial charge in [-0.2, -0.15) is 0 Å². The van der Waals surface area contributed by atoms with Gasteiger partial charge >= 0.3 is 0 Å². The summed E-state index contributed by atoms with van der Waals surface area (Å²) in [7, 11) is 0. The summed E-state index contributed by atoms with van der Waals surface area (Å²) in [6.07, 6.45) is 2.65. The van der Waals surface area contributed by atoms with Gasteiger partial charge in [0.15, 0.2) is 0 Å². The predicted molar refractivity (Wildman–Crippen MR) is 79.1 cm³/mol. The first-order chi connectivity index (χ1) is 9.79. The number of nitrogens with two attached hydrogens (primary N) is 1. The Kier molecular flexibility index (Phi) is 5.42. The van der Waals surface area contributed by atoms with Crippen LogP contribution in [0.3, 0.4) is 0 Å². The number of hydrogen-bond acceptors (Lipinski definition) is 4. The summed E-state index contributed by atoms with van der Waals surface area (Å²) < 4.78 is 5.19. The van der Waals surface area contributed by atoms with Crippen molar-refractivity contribution in [2.24, 2.45) is 5.73 Å². The highest BCUT2D eigenvalue weighted by Crippen LogP contribution is 2.15. The zero-order chi connectivity index (χ0) is 14.2. The van der Waals surface area contributed by atoms with E-state index in [-0.39, 0.29) is 5.91 Å². The molecule has 0 saturated carbocycles. The molecule has 1 amide bonds. The Bertz CT molecular complexity index is 605. The summed E-state index contributed by atoms with van der Waals surface area (Å²) in [5, 5.41) is 4.86. The van der Waals surface area contributed by atoms with Gasteiger partial charge in [0, 0.05) is 23.3 Å². The molecule has 4 nitrogen and oxygen atoms in total. The lowest BCUT2D eigenvalue weighted by Gasteiger charge is -2.03. The second-order valence-electron chi connectivity index (χ2n) is 4.12. The summed E-state index contributed by atoms with van der Waals surface area (Å²) in [6, 6.07) is 5.63. The molecule has 0 unspecified atom stereocenters. The number of aryl methyl sites for hydroxylation is 1. The SMILES string of the molecule is NCC#Cc1ccsc1CNC(=O)CCc1ccco1. The molecule has 2 heterocycles. The number of thiophene rings is 1. The van der Waals surface area contributed by atoms with E-state index in [0.717, 1.165) is 16.2 Å². The number of furan rings is 1. The quantitative estimate of drug-likeness (QED) is 0.826. The van der Waals surface area contributed by atoms with Gasteiger partial charge in [-0.05, 0) is 23.6 Å². The Morgan fingerprint density at radius 3 is 3.10 bits per heavy atom. The first-order valence-corrected chi connectivity index (χ1v) is 7.22. The van der Waals surface area contributed by atoms with Gasteiger partial charge < -0.3 is 15.5 Å². The van der Waals surface area contributed by atoms with Gasteiger partial charge in [-0.1, -0.05) is 11.8 Å². The van der Waals surface area contributed by atoms with Crippen LogP contribution in [0.2, 0.25) is 0 Å². The van der Waals surface area contributed by atoms with Crippen molar-refractivity contribution >= 4 is 17.2 Å². The van der Waals surface area contributed by atoms with Crippen molar-refractivity contribution in [3.05, 3.63) is 46.0 Å². The molecule has 2 aromatic rings. The van der Waals surface area contributed by atoms with E-state index in [2.05, 4.69) is 17.2 Å². The Balaban J connectivity index is 1.80. The van der Waals surface area contributed by atoms with Crippen molar-refractivity contribution in [3.63, 3.8) is 0 Å². The monoisotopic (exact) mass is 288 g/mol. The molecule has 20 heavy (non-hydrogen) atoms. The van der Waals surface area contributed by atoms with Gasteiger partial charge in [-0.3, -0.25) is 4.79 Å². The summed E-state index contributed by atoms with van der Waals surface area (Å²) in [4.78, 5) is 12.8. The van der Waals surface area contributed by atoms with Gasteiger partial charge in [-0.15, -0.1) is 11.3 Å². The summed E-state index contributed by atoms with van der Waals surface area (Å²) in [5.41, 5.74) is 6.29. The molecule has 5 heteroatoms. The highest BCUT2D eigenvalue weighted by atomic mass is 32.1. The lowest BCUT2D eigenvalue weighted by Crippen LogP contribution is -2.22. The molecule has 0 fully saturated rings. The fraction of sp³-hybridized carbons (Fsp3) is 0.267. The highest BCUT2D eigenvalue weighted by Gasteiger charge is 2.06. The third-order valence-electron chi connectivity index (χ3n) is 2.70. The van der Waals surface area contributed by atoms with E-state index in [0.29, 0.717) is 25.9 Å². The Hall–Kier alpha value is -2.03. The fourth-order valence-corrected chi connectivity index (χ4v) is 2.46. The molecule has 0 saturated heterocycles. The smallest absolute Gasteiger partial charge is 0.220 e. The molecule has 0 aliphatic heterocycles. The lowest BCUT2D eigenvalue weighted by atomic mass is 10.2. The molecule has 0 aliphatic rings. The van der Waals surface area contributed by atoms with Crippen molar-refractivity contribution in [2.45, 2.75) is 19.4 Å². The van der Waals surface area contributed by atoms with Gasteiger partial charge in [0.2, 0.25) is 5.91 Å². The van der Waals surface area contributed by atoms with Crippen LogP contribution in [0.5, 0.6) is 0 Å². The van der Waals surface area contributed by atoms with Gasteiger partial charge in [0.1, 0.15) is 5.76 Å². The maximum atomic E-state index is 11.8. The predicted octanol–water partition coefficient (Wildman–Crippen LogP) is 1.90. The third kappa shape index (κ3) is 4.26. The summed E-state index contributed by atoms with van der Waals surface area (Å²) in [5.74, 6) is 6.65. The molecule has 2 aromatic heterocycles. The molecule has 0 bridgehead atoms. The Morgan fingerprint density at radius 1 is 1.45 bits per heavy atom. The first kappa shape index (κ1) is 14.4. The lowest BCUT2D eigenvalue weighted by molar-refractivity contribution is -0.121. The number of nitrogens with one attached hydrogen (secondary N) is 1. The molecular weight excluding hydrogens is 272 g/mol. The second-order valence-corrected chi connectivity index (χ2v) is 5.12. The van der Waals surface area contributed by atoms with E-state index < -0.39 is 0 Å². The van der Waals surface area contributed by atoms with Crippen molar-refractivity contribution in [1.82, 2.24) is 5.32 Å². The minimum absolute atomic E-state index is 0.00698. The molecule has 0 aliphatic carbocycles. The minimum Gasteiger partial charge on any atom is -0.469 e. The standard InChI is InChI=1S/C15H16N2O2S/c16-8-1-3-12-7-10-20-14(12)11-17-15(18)6-5-13-4-2-9-19-13/h2,4,7,9-10H,5-6,8,11,16H2,(H,17,18). The summed E-state index contributed by atoms with van der Waals surface area (Å²) in [6.45, 7) is 0.841. The van der Waals surface area contributed by atoms with Crippen molar-refractivity contribution in [1.29, 1.82) is 0 Å². The molecule has 3 N–H and O–H groups in total. The van der Waals surface area contributed by atoms with Crippen LogP contribution in [0.1, 0.15) is 22.6 Å². The van der Waals surface area contributed by atoms with E-state index in [1.807, 2.05) is 23.6 Å². The average Bonchev–Trinajstić information content (AvgIpc) is 3.11. The van der Waals surface area contributed by atoms with Crippen LogP contribution in [-0.2, 0) is 17.8 Å². The highest BCUT2D eigenvalue weighted by molar-refractivity contribution is 7.10. The fourth-order valence-electron chi connectivity index (χ4n) is 1.69. The van der Waals surface area contributed by atoms with E-state index in [9.17, 15) is 4.79 Å². The minimum atomic E-state index is 0.00698. The normalized spacial score (nSPS) is 9.85. The number of amides is 1. The largest absolute Gasteiger partial charge is 0.469 e. The Morgan fingerprint density at radius 2 is 2.35 bits per heavy atom.